The van der Waals surface area contributed by atoms with Crippen LogP contribution in [-0.2, 0) is 20.7 Å². The molecule has 0 amide bonds. The van der Waals surface area contributed by atoms with Crippen LogP contribution in [0.15, 0.2) is 69.5 Å². The first-order chi connectivity index (χ1) is 14.4. The lowest BCUT2D eigenvalue weighted by molar-refractivity contribution is -0.133. The Balaban J connectivity index is 1.66. The van der Waals surface area contributed by atoms with Gasteiger partial charge in [-0.15, -0.1) is 0 Å². The normalized spacial score (nSPS) is 17.6. The Morgan fingerprint density at radius 1 is 1.17 bits per heavy atom. The van der Waals surface area contributed by atoms with Gasteiger partial charge in [0.15, 0.2) is 11.5 Å². The van der Waals surface area contributed by atoms with Gasteiger partial charge in [0, 0.05) is 0 Å². The molecule has 0 saturated heterocycles. The van der Waals surface area contributed by atoms with Crippen molar-refractivity contribution in [2.24, 2.45) is 5.92 Å². The van der Waals surface area contributed by atoms with Gasteiger partial charge in [0.1, 0.15) is 0 Å². The van der Waals surface area contributed by atoms with Crippen molar-refractivity contribution in [3.63, 3.8) is 0 Å². The molecule has 1 aliphatic rings. The second-order valence-electron chi connectivity index (χ2n) is 8.26. The number of rotatable bonds is 12. The van der Waals surface area contributed by atoms with Crippen LogP contribution in [0.2, 0.25) is 0 Å². The molecule has 1 aliphatic heterocycles. The van der Waals surface area contributed by atoms with Gasteiger partial charge in [-0.05, 0) is 89.3 Å². The first-order valence-corrected chi connectivity index (χ1v) is 10.9. The van der Waals surface area contributed by atoms with E-state index in [1.807, 2.05) is 18.4 Å². The average Bonchev–Trinajstić information content (AvgIpc) is 3.30. The molecule has 0 radical (unpaired) electrons. The third-order valence-electron chi connectivity index (χ3n) is 5.48. The topological polar surface area (TPSA) is 48.7 Å². The van der Waals surface area contributed by atoms with Crippen LogP contribution < -0.4 is 0 Å². The third-order valence-corrected chi connectivity index (χ3v) is 5.48. The molecule has 0 aromatic carbocycles. The van der Waals surface area contributed by atoms with Crippen LogP contribution >= 0.6 is 0 Å². The minimum atomic E-state index is -0.313. The summed E-state index contributed by atoms with van der Waals surface area (Å²) in [4.78, 5) is 11.7. The summed E-state index contributed by atoms with van der Waals surface area (Å²) in [7, 11) is 1.57. The van der Waals surface area contributed by atoms with Crippen LogP contribution in [0, 0.1) is 5.92 Å². The van der Waals surface area contributed by atoms with Crippen molar-refractivity contribution in [1.82, 2.24) is 0 Å². The smallest absolute Gasteiger partial charge is 0.343 e. The Morgan fingerprint density at radius 3 is 2.50 bits per heavy atom. The van der Waals surface area contributed by atoms with E-state index in [0.717, 1.165) is 38.5 Å². The van der Waals surface area contributed by atoms with Crippen LogP contribution in [-0.4, -0.2) is 13.1 Å². The number of hydrogen-bond donors (Lipinski definition) is 0. The Kier molecular flexibility index (Phi) is 9.72. The molecule has 0 fully saturated rings. The molecule has 0 spiro atoms. The fourth-order valence-corrected chi connectivity index (χ4v) is 3.57. The lowest BCUT2D eigenvalue weighted by Crippen LogP contribution is -1.98. The number of hydrogen-bond acceptors (Lipinski definition) is 4. The number of furan rings is 1. The molecular weight excluding hydrogens is 376 g/mol. The molecule has 30 heavy (non-hydrogen) atoms. The zero-order valence-electron chi connectivity index (χ0n) is 19.1. The van der Waals surface area contributed by atoms with Crippen molar-refractivity contribution in [3.8, 4) is 0 Å². The fourth-order valence-electron chi connectivity index (χ4n) is 3.57. The van der Waals surface area contributed by atoms with Gasteiger partial charge in [0.05, 0.1) is 25.2 Å². The van der Waals surface area contributed by atoms with E-state index in [9.17, 15) is 4.79 Å². The summed E-state index contributed by atoms with van der Waals surface area (Å²) in [6, 6.07) is 2.03. The largest absolute Gasteiger partial charge is 0.492 e. The molecule has 164 valence electrons. The summed E-state index contributed by atoms with van der Waals surface area (Å²) in [5.41, 5.74) is 4.72. The van der Waals surface area contributed by atoms with E-state index in [1.54, 1.807) is 20.3 Å². The Hall–Kier alpha value is -2.49. The van der Waals surface area contributed by atoms with E-state index in [0.29, 0.717) is 23.0 Å². The third kappa shape index (κ3) is 7.74. The predicted octanol–water partition coefficient (Wildman–Crippen LogP) is 7.05. The van der Waals surface area contributed by atoms with Crippen LogP contribution in [0.4, 0.5) is 0 Å². The highest BCUT2D eigenvalue weighted by molar-refractivity contribution is 5.93. The van der Waals surface area contributed by atoms with Crippen LogP contribution in [0.1, 0.15) is 71.8 Å². The number of carbonyl (C=O) groups excluding carboxylic acids is 1. The van der Waals surface area contributed by atoms with Gasteiger partial charge in [0.2, 0.25) is 0 Å². The molecule has 4 nitrogen and oxygen atoms in total. The van der Waals surface area contributed by atoms with Crippen LogP contribution in [0.25, 0.3) is 0 Å². The standard InChI is InChI=1S/C26H36O4/c1-19(9-6-10-20(2)12-8-14-23-15-16-29-18-23)11-7-13-21(3)17-24-25(28-5)22(4)26(27)30-24/h11-12,15-18,21H,6-10,13-14H2,1-5H3. The second-order valence-corrected chi connectivity index (χ2v) is 8.26. The van der Waals surface area contributed by atoms with Crippen molar-refractivity contribution in [2.45, 2.75) is 72.6 Å². The number of aryl methyl sites for hydroxylation is 1. The van der Waals surface area contributed by atoms with Crippen molar-refractivity contribution < 1.29 is 18.7 Å². The average molecular weight is 413 g/mol. The number of allylic oxidation sites excluding steroid dienone is 5. The molecule has 1 atom stereocenters. The lowest BCUT2D eigenvalue weighted by atomic mass is 10.0. The summed E-state index contributed by atoms with van der Waals surface area (Å²) >= 11 is 0. The van der Waals surface area contributed by atoms with E-state index in [1.165, 1.54) is 23.1 Å². The molecule has 1 aromatic rings. The zero-order chi connectivity index (χ0) is 21.9. The van der Waals surface area contributed by atoms with Gasteiger partial charge < -0.3 is 13.9 Å². The molecule has 1 unspecified atom stereocenters. The maximum absolute atomic E-state index is 11.7. The molecule has 4 heteroatoms. The van der Waals surface area contributed by atoms with E-state index in [-0.39, 0.29) is 5.97 Å². The summed E-state index contributed by atoms with van der Waals surface area (Å²) in [6.45, 7) is 8.32. The lowest BCUT2D eigenvalue weighted by Gasteiger charge is -2.08. The van der Waals surface area contributed by atoms with E-state index < -0.39 is 0 Å². The Bertz CT molecular complexity index is 806. The number of esters is 1. The van der Waals surface area contributed by atoms with E-state index in [4.69, 9.17) is 13.9 Å². The highest BCUT2D eigenvalue weighted by Crippen LogP contribution is 2.28. The van der Waals surface area contributed by atoms with Crippen molar-refractivity contribution >= 4 is 5.97 Å². The van der Waals surface area contributed by atoms with Gasteiger partial charge in [-0.1, -0.05) is 30.2 Å². The van der Waals surface area contributed by atoms with Gasteiger partial charge >= 0.3 is 5.97 Å². The molecule has 0 saturated carbocycles. The molecular formula is C26H36O4. The monoisotopic (exact) mass is 412 g/mol. The quantitative estimate of drug-likeness (QED) is 0.272. The van der Waals surface area contributed by atoms with Crippen LogP contribution in [0.5, 0.6) is 0 Å². The van der Waals surface area contributed by atoms with Gasteiger partial charge in [0.25, 0.3) is 0 Å². The van der Waals surface area contributed by atoms with E-state index in [2.05, 4.69) is 32.9 Å². The molecule has 0 N–H and O–H groups in total. The summed E-state index contributed by atoms with van der Waals surface area (Å²) < 4.78 is 15.7. The van der Waals surface area contributed by atoms with Crippen molar-refractivity contribution in [3.05, 3.63) is 70.6 Å². The van der Waals surface area contributed by atoms with E-state index >= 15 is 0 Å². The summed E-state index contributed by atoms with van der Waals surface area (Å²) in [6.07, 6.45) is 17.9. The van der Waals surface area contributed by atoms with Gasteiger partial charge in [-0.2, -0.15) is 0 Å². The minimum Gasteiger partial charge on any atom is -0.492 e. The molecule has 2 heterocycles. The van der Waals surface area contributed by atoms with Crippen molar-refractivity contribution in [2.75, 3.05) is 7.11 Å². The molecule has 0 aliphatic carbocycles. The first kappa shape index (κ1) is 23.8. The van der Waals surface area contributed by atoms with Crippen molar-refractivity contribution in [1.29, 1.82) is 0 Å². The minimum absolute atomic E-state index is 0.313. The van der Waals surface area contributed by atoms with Crippen LogP contribution in [0.3, 0.4) is 0 Å². The SMILES string of the molecule is COC1=C(C)C(=O)OC1=CC(C)CCC=C(C)CCCC(C)=CCCc1ccoc1. The van der Waals surface area contributed by atoms with Gasteiger partial charge in [-0.3, -0.25) is 0 Å². The number of carbonyl (C=O) groups is 1. The highest BCUT2D eigenvalue weighted by Gasteiger charge is 2.27. The fraction of sp³-hybridized carbons (Fsp3) is 0.500. The maximum atomic E-state index is 11.7. The predicted molar refractivity (Wildman–Crippen MR) is 121 cm³/mol. The molecule has 2 rings (SSSR count). The maximum Gasteiger partial charge on any atom is 0.343 e. The summed E-state index contributed by atoms with van der Waals surface area (Å²) in [5, 5.41) is 0. The molecule has 0 bridgehead atoms. The summed E-state index contributed by atoms with van der Waals surface area (Å²) in [5.74, 6) is 1.12. The number of methoxy groups -OCH3 is 1. The van der Waals surface area contributed by atoms with Gasteiger partial charge in [-0.25, -0.2) is 4.79 Å². The highest BCUT2D eigenvalue weighted by atomic mass is 16.6. The first-order valence-electron chi connectivity index (χ1n) is 10.9. The second kappa shape index (κ2) is 12.3. The number of ether oxygens (including phenoxy) is 2. The Labute approximate surface area is 181 Å². The zero-order valence-corrected chi connectivity index (χ0v) is 19.1. The number of cyclic esters (lactones) is 1. The molecule has 1 aromatic heterocycles. The Morgan fingerprint density at radius 2 is 1.87 bits per heavy atom.